The minimum Gasteiger partial charge on any atom is -0.485 e. The normalized spacial score (nSPS) is 15.5. The van der Waals surface area contributed by atoms with E-state index in [1.165, 1.54) is 12.1 Å². The lowest BCUT2D eigenvalue weighted by molar-refractivity contribution is -0.131. The van der Waals surface area contributed by atoms with Gasteiger partial charge in [0.15, 0.2) is 11.5 Å². The number of hydrazine groups is 1. The fraction of sp³-hybridized carbons (Fsp3) is 0.125. The first kappa shape index (κ1) is 16.3. The highest BCUT2D eigenvalue weighted by atomic mass is 79.9. The molecule has 24 heavy (non-hydrogen) atoms. The zero-order valence-corrected chi connectivity index (χ0v) is 13.8. The van der Waals surface area contributed by atoms with Crippen molar-refractivity contribution in [2.75, 3.05) is 6.61 Å². The molecule has 2 aromatic rings. The van der Waals surface area contributed by atoms with Crippen LogP contribution in [0.25, 0.3) is 0 Å². The first-order valence-electron chi connectivity index (χ1n) is 6.98. The molecule has 8 heteroatoms. The molecule has 3 rings (SSSR count). The highest BCUT2D eigenvalue weighted by Crippen LogP contribution is 2.30. The summed E-state index contributed by atoms with van der Waals surface area (Å²) in [5, 5.41) is 0. The lowest BCUT2D eigenvalue weighted by atomic mass is 10.2. The maximum Gasteiger partial charge on any atom is 0.283 e. The average molecular weight is 395 g/mol. The first-order chi connectivity index (χ1) is 11.5. The van der Waals surface area contributed by atoms with Gasteiger partial charge < -0.3 is 9.47 Å². The van der Waals surface area contributed by atoms with Gasteiger partial charge in [-0.05, 0) is 46.3 Å². The molecule has 0 saturated heterocycles. The molecule has 0 radical (unpaired) electrons. The maximum absolute atomic E-state index is 13.4. The highest BCUT2D eigenvalue weighted by molar-refractivity contribution is 9.10. The second-order valence-electron chi connectivity index (χ2n) is 4.94. The number of ether oxygens (including phenoxy) is 2. The van der Waals surface area contributed by atoms with Crippen LogP contribution in [0.3, 0.4) is 0 Å². The molecular weight excluding hydrogens is 383 g/mol. The van der Waals surface area contributed by atoms with Gasteiger partial charge in [-0.2, -0.15) is 0 Å². The number of rotatable bonds is 2. The SMILES string of the molecule is O=C(NNC(=O)C1COc2ccccc2O1)c1ccc(Br)c(F)c1. The summed E-state index contributed by atoms with van der Waals surface area (Å²) in [5.41, 5.74) is 4.52. The van der Waals surface area contributed by atoms with E-state index in [4.69, 9.17) is 9.47 Å². The summed E-state index contributed by atoms with van der Waals surface area (Å²) in [5.74, 6) is -0.793. The van der Waals surface area contributed by atoms with E-state index < -0.39 is 23.7 Å². The Bertz CT molecular complexity index is 799. The number of halogens is 2. The zero-order chi connectivity index (χ0) is 17.1. The molecule has 1 heterocycles. The highest BCUT2D eigenvalue weighted by Gasteiger charge is 2.27. The van der Waals surface area contributed by atoms with Gasteiger partial charge in [0.2, 0.25) is 6.10 Å². The Morgan fingerprint density at radius 1 is 1.12 bits per heavy atom. The summed E-state index contributed by atoms with van der Waals surface area (Å²) in [6, 6.07) is 10.8. The van der Waals surface area contributed by atoms with Crippen molar-refractivity contribution in [2.45, 2.75) is 6.10 Å². The lowest BCUT2D eigenvalue weighted by Gasteiger charge is -2.25. The molecule has 0 saturated carbocycles. The molecule has 0 aliphatic carbocycles. The molecule has 0 bridgehead atoms. The average Bonchev–Trinajstić information content (AvgIpc) is 2.61. The largest absolute Gasteiger partial charge is 0.485 e. The Hall–Kier alpha value is -2.61. The third-order valence-corrected chi connectivity index (χ3v) is 3.93. The molecule has 124 valence electrons. The molecule has 6 nitrogen and oxygen atoms in total. The number of hydrogen-bond acceptors (Lipinski definition) is 4. The number of carbonyl (C=O) groups is 2. The number of hydrogen-bond donors (Lipinski definition) is 2. The molecule has 0 aromatic heterocycles. The minimum atomic E-state index is -0.901. The molecular formula is C16H12BrFN2O4. The number of nitrogens with one attached hydrogen (secondary N) is 2. The molecule has 2 aromatic carbocycles. The Morgan fingerprint density at radius 2 is 1.88 bits per heavy atom. The molecule has 0 fully saturated rings. The van der Waals surface area contributed by atoms with Gasteiger partial charge in [0.1, 0.15) is 12.4 Å². The quantitative estimate of drug-likeness (QED) is 0.765. The van der Waals surface area contributed by atoms with Crippen molar-refractivity contribution < 1.29 is 23.5 Å². The van der Waals surface area contributed by atoms with E-state index in [1.807, 2.05) is 0 Å². The van der Waals surface area contributed by atoms with Crippen LogP contribution in [0, 0.1) is 5.82 Å². The number of para-hydroxylation sites is 2. The molecule has 1 unspecified atom stereocenters. The number of amides is 2. The number of fused-ring (bicyclic) bond motifs is 1. The third-order valence-electron chi connectivity index (χ3n) is 3.28. The van der Waals surface area contributed by atoms with Gasteiger partial charge in [0.25, 0.3) is 11.8 Å². The van der Waals surface area contributed by atoms with E-state index in [0.717, 1.165) is 6.07 Å². The smallest absolute Gasteiger partial charge is 0.283 e. The minimum absolute atomic E-state index is 0.0195. The predicted molar refractivity (Wildman–Crippen MR) is 86.1 cm³/mol. The molecule has 1 atom stereocenters. The summed E-state index contributed by atoms with van der Waals surface area (Å²) < 4.78 is 24.6. The molecule has 2 amide bonds. The Balaban J connectivity index is 1.58. The fourth-order valence-electron chi connectivity index (χ4n) is 2.06. The standard InChI is InChI=1S/C16H12BrFN2O4/c17-10-6-5-9(7-11(10)18)15(21)19-20-16(22)14-8-23-12-3-1-2-4-13(12)24-14/h1-7,14H,8H2,(H,19,21)(H,20,22). The van der Waals surface area contributed by atoms with Crippen molar-refractivity contribution in [3.63, 3.8) is 0 Å². The van der Waals surface area contributed by atoms with E-state index in [-0.39, 0.29) is 16.6 Å². The summed E-state index contributed by atoms with van der Waals surface area (Å²) in [6.07, 6.45) is -0.901. The van der Waals surface area contributed by atoms with Crippen molar-refractivity contribution in [1.29, 1.82) is 0 Å². The third kappa shape index (κ3) is 3.48. The monoisotopic (exact) mass is 394 g/mol. The van der Waals surface area contributed by atoms with Gasteiger partial charge in [-0.15, -0.1) is 0 Å². The molecule has 1 aliphatic heterocycles. The second kappa shape index (κ2) is 6.88. The van der Waals surface area contributed by atoms with Crippen molar-refractivity contribution in [2.24, 2.45) is 0 Å². The number of benzene rings is 2. The van der Waals surface area contributed by atoms with Gasteiger partial charge in [0, 0.05) is 5.56 Å². The summed E-state index contributed by atoms with van der Waals surface area (Å²) in [7, 11) is 0. The van der Waals surface area contributed by atoms with Crippen molar-refractivity contribution in [1.82, 2.24) is 10.9 Å². The molecule has 2 N–H and O–H groups in total. The first-order valence-corrected chi connectivity index (χ1v) is 7.77. The van der Waals surface area contributed by atoms with Gasteiger partial charge in [-0.3, -0.25) is 20.4 Å². The van der Waals surface area contributed by atoms with Gasteiger partial charge in [0.05, 0.1) is 4.47 Å². The van der Waals surface area contributed by atoms with Crippen LogP contribution in [-0.2, 0) is 4.79 Å². The van der Waals surface area contributed by atoms with Crippen LogP contribution in [0.2, 0.25) is 0 Å². The van der Waals surface area contributed by atoms with E-state index in [2.05, 4.69) is 26.8 Å². The van der Waals surface area contributed by atoms with Crippen molar-refractivity contribution in [3.05, 3.63) is 58.3 Å². The maximum atomic E-state index is 13.4. The summed E-state index contributed by atoms with van der Waals surface area (Å²) >= 11 is 3.00. The molecule has 1 aliphatic rings. The van der Waals surface area contributed by atoms with E-state index in [1.54, 1.807) is 24.3 Å². The van der Waals surface area contributed by atoms with Crippen molar-refractivity contribution >= 4 is 27.7 Å². The topological polar surface area (TPSA) is 76.7 Å². The predicted octanol–water partition coefficient (Wildman–Crippen LogP) is 2.19. The van der Waals surface area contributed by atoms with E-state index >= 15 is 0 Å². The zero-order valence-electron chi connectivity index (χ0n) is 12.2. The van der Waals surface area contributed by atoms with Crippen LogP contribution in [0.5, 0.6) is 11.5 Å². The second-order valence-corrected chi connectivity index (χ2v) is 5.79. The van der Waals surface area contributed by atoms with E-state index in [0.29, 0.717) is 11.5 Å². The Morgan fingerprint density at radius 3 is 2.62 bits per heavy atom. The lowest BCUT2D eigenvalue weighted by Crippen LogP contribution is -2.50. The van der Waals surface area contributed by atoms with E-state index in [9.17, 15) is 14.0 Å². The van der Waals surface area contributed by atoms with Gasteiger partial charge >= 0.3 is 0 Å². The molecule has 0 spiro atoms. The summed E-state index contributed by atoms with van der Waals surface area (Å²) in [4.78, 5) is 24.0. The van der Waals surface area contributed by atoms with Crippen LogP contribution in [0.1, 0.15) is 10.4 Å². The van der Waals surface area contributed by atoms with Gasteiger partial charge in [-0.1, -0.05) is 12.1 Å². The summed E-state index contributed by atoms with van der Waals surface area (Å²) in [6.45, 7) is 0.0195. The van der Waals surface area contributed by atoms with Crippen LogP contribution in [0.15, 0.2) is 46.9 Å². The van der Waals surface area contributed by atoms with Crippen LogP contribution >= 0.6 is 15.9 Å². The van der Waals surface area contributed by atoms with Gasteiger partial charge in [-0.25, -0.2) is 4.39 Å². The Kier molecular flexibility index (Phi) is 4.66. The van der Waals surface area contributed by atoms with Crippen molar-refractivity contribution in [3.8, 4) is 11.5 Å². The van der Waals surface area contributed by atoms with Crippen LogP contribution in [0.4, 0.5) is 4.39 Å². The fourth-order valence-corrected chi connectivity index (χ4v) is 2.30. The van der Waals surface area contributed by atoms with Crippen LogP contribution in [-0.4, -0.2) is 24.5 Å². The van der Waals surface area contributed by atoms with Crippen LogP contribution < -0.4 is 20.3 Å². The number of carbonyl (C=O) groups excluding carboxylic acids is 2. The Labute approximate surface area is 145 Å².